The Hall–Kier alpha value is -2.63. The molecule has 6 heteroatoms. The fourth-order valence-electron chi connectivity index (χ4n) is 2.20. The molecule has 1 aromatic carbocycles. The van der Waals surface area contributed by atoms with Crippen molar-refractivity contribution in [2.45, 2.75) is 26.3 Å². The number of aldehydes is 1. The molecule has 0 radical (unpaired) electrons. The van der Waals surface area contributed by atoms with E-state index in [9.17, 15) is 9.59 Å². The first-order valence-corrected chi connectivity index (χ1v) is 6.75. The number of nitrogens with zero attached hydrogens (tertiary/aromatic N) is 2. The van der Waals surface area contributed by atoms with Gasteiger partial charge in [-0.1, -0.05) is 37.6 Å². The van der Waals surface area contributed by atoms with Gasteiger partial charge in [0.15, 0.2) is 6.29 Å². The quantitative estimate of drug-likeness (QED) is 0.783. The molecule has 0 saturated carbocycles. The van der Waals surface area contributed by atoms with Gasteiger partial charge < -0.3 is 11.5 Å². The molecule has 2 aromatic rings. The Morgan fingerprint density at radius 1 is 1.33 bits per heavy atom. The maximum atomic E-state index is 11.2. The number of carbonyl (C=O) groups excluding carboxylic acids is 2. The van der Waals surface area contributed by atoms with E-state index in [2.05, 4.69) is 12.0 Å². The van der Waals surface area contributed by atoms with Crippen LogP contribution in [0.3, 0.4) is 0 Å². The van der Waals surface area contributed by atoms with Crippen molar-refractivity contribution in [2.24, 2.45) is 5.73 Å². The third-order valence-corrected chi connectivity index (χ3v) is 3.22. The smallest absolute Gasteiger partial charge is 0.239 e. The lowest BCUT2D eigenvalue weighted by molar-refractivity contribution is -0.118. The van der Waals surface area contributed by atoms with Crippen LogP contribution < -0.4 is 11.5 Å². The number of aryl methyl sites for hydroxylation is 1. The molecule has 0 fully saturated rings. The summed E-state index contributed by atoms with van der Waals surface area (Å²) in [6, 6.07) is 7.79. The zero-order chi connectivity index (χ0) is 15.4. The second kappa shape index (κ2) is 6.21. The Morgan fingerprint density at radius 3 is 2.52 bits per heavy atom. The van der Waals surface area contributed by atoms with Crippen molar-refractivity contribution in [2.75, 3.05) is 5.73 Å². The molecular weight excluding hydrogens is 268 g/mol. The predicted molar refractivity (Wildman–Crippen MR) is 80.7 cm³/mol. The highest BCUT2D eigenvalue weighted by molar-refractivity contribution is 5.92. The molecule has 0 aliphatic heterocycles. The zero-order valence-corrected chi connectivity index (χ0v) is 11.9. The van der Waals surface area contributed by atoms with Gasteiger partial charge >= 0.3 is 0 Å². The summed E-state index contributed by atoms with van der Waals surface area (Å²) in [6.07, 6.45) is 2.72. The maximum absolute atomic E-state index is 11.2. The molecule has 0 aliphatic carbocycles. The minimum atomic E-state index is -0.563. The van der Waals surface area contributed by atoms with Gasteiger partial charge in [0.2, 0.25) is 5.91 Å². The second-order valence-corrected chi connectivity index (χ2v) is 4.84. The second-order valence-electron chi connectivity index (χ2n) is 4.84. The van der Waals surface area contributed by atoms with E-state index >= 15 is 0 Å². The average molecular weight is 286 g/mol. The van der Waals surface area contributed by atoms with Gasteiger partial charge in [-0.2, -0.15) is 5.10 Å². The summed E-state index contributed by atoms with van der Waals surface area (Å²) >= 11 is 0. The summed E-state index contributed by atoms with van der Waals surface area (Å²) in [5.41, 5.74) is 13.7. The molecule has 0 aliphatic rings. The van der Waals surface area contributed by atoms with Crippen molar-refractivity contribution in [1.29, 1.82) is 0 Å². The van der Waals surface area contributed by atoms with Crippen molar-refractivity contribution in [3.05, 3.63) is 35.4 Å². The Bertz CT molecular complexity index is 659. The van der Waals surface area contributed by atoms with E-state index in [-0.39, 0.29) is 17.9 Å². The van der Waals surface area contributed by atoms with Crippen LogP contribution in [0.1, 0.15) is 29.3 Å². The standard InChI is InChI=1S/C15H18N4O2/c1-2-3-10-4-6-11(7-5-10)14-12(9-20)15(17)19(18-14)8-13(16)21/h4-7,9H,2-3,8,17H2,1H3,(H2,16,21). The Morgan fingerprint density at radius 2 is 2.00 bits per heavy atom. The van der Waals surface area contributed by atoms with E-state index in [1.807, 2.05) is 24.3 Å². The molecular formula is C15H18N4O2. The molecule has 0 saturated heterocycles. The Balaban J connectivity index is 2.42. The first kappa shape index (κ1) is 14.8. The number of carbonyl (C=O) groups is 2. The van der Waals surface area contributed by atoms with Crippen LogP contribution in [0.5, 0.6) is 0 Å². The third-order valence-electron chi connectivity index (χ3n) is 3.22. The van der Waals surface area contributed by atoms with Gasteiger partial charge in [0.1, 0.15) is 18.1 Å². The van der Waals surface area contributed by atoms with Crippen LogP contribution in [0.4, 0.5) is 5.82 Å². The topological polar surface area (TPSA) is 104 Å². The molecule has 0 spiro atoms. The van der Waals surface area contributed by atoms with E-state index in [1.165, 1.54) is 10.2 Å². The van der Waals surface area contributed by atoms with Crippen molar-refractivity contribution in [3.63, 3.8) is 0 Å². The van der Waals surface area contributed by atoms with Crippen LogP contribution in [0.2, 0.25) is 0 Å². The van der Waals surface area contributed by atoms with Gasteiger partial charge in [-0.3, -0.25) is 9.59 Å². The number of benzene rings is 1. The van der Waals surface area contributed by atoms with Gasteiger partial charge in [0.25, 0.3) is 0 Å². The Labute approximate surface area is 122 Å². The van der Waals surface area contributed by atoms with Crippen molar-refractivity contribution < 1.29 is 9.59 Å². The summed E-state index contributed by atoms with van der Waals surface area (Å²) in [6.45, 7) is 1.96. The van der Waals surface area contributed by atoms with Crippen LogP contribution in [-0.2, 0) is 17.8 Å². The highest BCUT2D eigenvalue weighted by Crippen LogP contribution is 2.26. The van der Waals surface area contributed by atoms with E-state index in [0.29, 0.717) is 12.0 Å². The molecule has 1 aromatic heterocycles. The number of amides is 1. The van der Waals surface area contributed by atoms with Crippen LogP contribution in [-0.4, -0.2) is 22.0 Å². The number of nitrogen functional groups attached to an aromatic ring is 1. The molecule has 1 heterocycles. The molecule has 4 N–H and O–H groups in total. The average Bonchev–Trinajstić information content (AvgIpc) is 2.76. The fraction of sp³-hybridized carbons (Fsp3) is 0.267. The van der Waals surface area contributed by atoms with E-state index in [0.717, 1.165) is 18.4 Å². The number of primary amides is 1. The number of nitrogens with two attached hydrogens (primary N) is 2. The minimum absolute atomic E-state index is 0.149. The molecule has 0 atom stereocenters. The van der Waals surface area contributed by atoms with Gasteiger partial charge in [-0.25, -0.2) is 4.68 Å². The maximum Gasteiger partial charge on any atom is 0.239 e. The molecule has 1 amide bonds. The highest BCUT2D eigenvalue weighted by Gasteiger charge is 2.17. The lowest BCUT2D eigenvalue weighted by atomic mass is 10.0. The van der Waals surface area contributed by atoms with Crippen molar-refractivity contribution in [1.82, 2.24) is 9.78 Å². The highest BCUT2D eigenvalue weighted by atomic mass is 16.1. The van der Waals surface area contributed by atoms with Crippen LogP contribution in [0.15, 0.2) is 24.3 Å². The SMILES string of the molecule is CCCc1ccc(-c2nn(CC(N)=O)c(N)c2C=O)cc1. The molecule has 0 unspecified atom stereocenters. The first-order chi connectivity index (χ1) is 10.1. The van der Waals surface area contributed by atoms with Gasteiger partial charge in [0, 0.05) is 5.56 Å². The monoisotopic (exact) mass is 286 g/mol. The molecule has 21 heavy (non-hydrogen) atoms. The minimum Gasteiger partial charge on any atom is -0.383 e. The molecule has 6 nitrogen and oxygen atoms in total. The number of hydrogen-bond acceptors (Lipinski definition) is 4. The summed E-state index contributed by atoms with van der Waals surface area (Å²) < 4.78 is 1.25. The van der Waals surface area contributed by atoms with Gasteiger partial charge in [-0.05, 0) is 12.0 Å². The number of anilines is 1. The summed E-state index contributed by atoms with van der Waals surface area (Å²) in [5.74, 6) is -0.414. The van der Waals surface area contributed by atoms with E-state index < -0.39 is 5.91 Å². The first-order valence-electron chi connectivity index (χ1n) is 6.75. The van der Waals surface area contributed by atoms with Crippen LogP contribution in [0, 0.1) is 0 Å². The zero-order valence-electron chi connectivity index (χ0n) is 11.9. The van der Waals surface area contributed by atoms with Crippen molar-refractivity contribution in [3.8, 4) is 11.3 Å². The molecule has 110 valence electrons. The van der Waals surface area contributed by atoms with E-state index in [1.54, 1.807) is 0 Å². The predicted octanol–water partition coefficient (Wildman–Crippen LogP) is 1.38. The van der Waals surface area contributed by atoms with Crippen LogP contribution in [0.25, 0.3) is 11.3 Å². The molecule has 0 bridgehead atoms. The summed E-state index contributed by atoms with van der Waals surface area (Å²) in [4.78, 5) is 22.2. The number of rotatable bonds is 6. The lowest BCUT2D eigenvalue weighted by Crippen LogP contribution is -2.20. The van der Waals surface area contributed by atoms with Gasteiger partial charge in [-0.15, -0.1) is 0 Å². The largest absolute Gasteiger partial charge is 0.383 e. The normalized spacial score (nSPS) is 10.5. The van der Waals surface area contributed by atoms with Crippen molar-refractivity contribution >= 4 is 18.0 Å². The van der Waals surface area contributed by atoms with E-state index in [4.69, 9.17) is 11.5 Å². The molecule has 2 rings (SSSR count). The fourth-order valence-corrected chi connectivity index (χ4v) is 2.20. The Kier molecular flexibility index (Phi) is 4.37. The van der Waals surface area contributed by atoms with Gasteiger partial charge in [0.05, 0.1) is 5.56 Å². The number of aromatic nitrogens is 2. The third kappa shape index (κ3) is 3.10. The lowest BCUT2D eigenvalue weighted by Gasteiger charge is -2.01. The summed E-state index contributed by atoms with van der Waals surface area (Å²) in [7, 11) is 0. The number of hydrogen-bond donors (Lipinski definition) is 2. The van der Waals surface area contributed by atoms with Crippen LogP contribution >= 0.6 is 0 Å². The summed E-state index contributed by atoms with van der Waals surface area (Å²) in [5, 5.41) is 4.23.